The van der Waals surface area contributed by atoms with E-state index in [9.17, 15) is 9.90 Å². The van der Waals surface area contributed by atoms with E-state index in [0.29, 0.717) is 5.57 Å². The molecule has 0 heterocycles. The van der Waals surface area contributed by atoms with Crippen molar-refractivity contribution in [3.05, 3.63) is 77.9 Å². The highest BCUT2D eigenvalue weighted by Gasteiger charge is 2.06. The Bertz CT molecular complexity index is 530. The van der Waals surface area contributed by atoms with E-state index >= 15 is 0 Å². The summed E-state index contributed by atoms with van der Waals surface area (Å²) in [5, 5.41) is 10.0. The van der Waals surface area contributed by atoms with E-state index in [-0.39, 0.29) is 0 Å². The number of hydrogen-bond acceptors (Lipinski definition) is 2. The Hall–Kier alpha value is -2.19. The number of carbonyl (C=O) groups excluding carboxylic acids is 1. The lowest BCUT2D eigenvalue weighted by Crippen LogP contribution is -1.95. The topological polar surface area (TPSA) is 37.3 Å². The van der Waals surface area contributed by atoms with E-state index in [1.807, 2.05) is 60.7 Å². The van der Waals surface area contributed by atoms with Crippen LogP contribution in [0.15, 0.2) is 66.7 Å². The van der Waals surface area contributed by atoms with Gasteiger partial charge >= 0.3 is 0 Å². The summed E-state index contributed by atoms with van der Waals surface area (Å²) >= 11 is 0. The predicted octanol–water partition coefficient (Wildman–Crippen LogP) is 3.00. The smallest absolute Gasteiger partial charge is 0.150 e. The molecule has 1 unspecified atom stereocenters. The zero-order valence-corrected chi connectivity index (χ0v) is 9.86. The molecule has 0 bridgehead atoms. The van der Waals surface area contributed by atoms with E-state index in [2.05, 4.69) is 0 Å². The van der Waals surface area contributed by atoms with Crippen LogP contribution in [-0.4, -0.2) is 11.4 Å². The Balaban J connectivity index is 2.28. The highest BCUT2D eigenvalue weighted by molar-refractivity contribution is 6.06. The van der Waals surface area contributed by atoms with Gasteiger partial charge in [0.15, 0.2) is 0 Å². The first kappa shape index (κ1) is 12.3. The zero-order valence-electron chi connectivity index (χ0n) is 9.86. The van der Waals surface area contributed by atoms with Gasteiger partial charge in [-0.1, -0.05) is 60.7 Å². The van der Waals surface area contributed by atoms with Crippen molar-refractivity contribution in [2.75, 3.05) is 0 Å². The first-order chi connectivity index (χ1) is 8.81. The lowest BCUT2D eigenvalue weighted by atomic mass is 10.0. The van der Waals surface area contributed by atoms with Crippen LogP contribution in [0.25, 0.3) is 5.57 Å². The van der Waals surface area contributed by atoms with Crippen LogP contribution in [-0.2, 0) is 4.79 Å². The van der Waals surface area contributed by atoms with Gasteiger partial charge in [0.2, 0.25) is 0 Å². The van der Waals surface area contributed by atoms with Crippen molar-refractivity contribution in [1.82, 2.24) is 0 Å². The maximum Gasteiger partial charge on any atom is 0.150 e. The number of benzene rings is 2. The van der Waals surface area contributed by atoms with Gasteiger partial charge < -0.3 is 5.11 Å². The normalized spacial score (nSPS) is 13.1. The van der Waals surface area contributed by atoms with Crippen LogP contribution in [0.4, 0.5) is 0 Å². The minimum absolute atomic E-state index is 0.493. The number of aliphatic hydroxyl groups excluding tert-OH is 1. The summed E-state index contributed by atoms with van der Waals surface area (Å²) in [5.74, 6) is 0. The van der Waals surface area contributed by atoms with E-state index in [4.69, 9.17) is 0 Å². The molecule has 2 aromatic rings. The van der Waals surface area contributed by atoms with Crippen LogP contribution in [0, 0.1) is 0 Å². The number of carbonyl (C=O) groups is 1. The first-order valence-electron chi connectivity index (χ1n) is 5.76. The number of rotatable bonds is 4. The highest BCUT2D eigenvalue weighted by Crippen LogP contribution is 2.19. The van der Waals surface area contributed by atoms with Crippen LogP contribution in [0.3, 0.4) is 0 Å². The van der Waals surface area contributed by atoms with Gasteiger partial charge in [0.25, 0.3) is 0 Å². The maximum absolute atomic E-state index is 11.1. The average Bonchev–Trinajstić information content (AvgIpc) is 2.46. The van der Waals surface area contributed by atoms with Gasteiger partial charge in [-0.2, -0.15) is 0 Å². The predicted molar refractivity (Wildman–Crippen MR) is 71.9 cm³/mol. The molecule has 0 spiro atoms. The number of hydrogen-bond donors (Lipinski definition) is 1. The fourth-order valence-corrected chi connectivity index (χ4v) is 1.75. The first-order valence-corrected chi connectivity index (χ1v) is 5.76. The number of aldehydes is 1. The molecule has 0 aliphatic rings. The molecule has 2 nitrogen and oxygen atoms in total. The fourth-order valence-electron chi connectivity index (χ4n) is 1.75. The maximum atomic E-state index is 11.1. The Kier molecular flexibility index (Phi) is 4.05. The molecule has 18 heavy (non-hydrogen) atoms. The molecule has 0 fully saturated rings. The average molecular weight is 238 g/mol. The van der Waals surface area contributed by atoms with Crippen molar-refractivity contribution in [2.45, 2.75) is 6.10 Å². The second-order valence-electron chi connectivity index (χ2n) is 3.96. The lowest BCUT2D eigenvalue weighted by Gasteiger charge is -2.07. The quantitative estimate of drug-likeness (QED) is 0.656. The van der Waals surface area contributed by atoms with Gasteiger partial charge in [-0.15, -0.1) is 0 Å². The zero-order chi connectivity index (χ0) is 12.8. The summed E-state index contributed by atoms with van der Waals surface area (Å²) in [6, 6.07) is 18.6. The molecule has 0 radical (unpaired) electrons. The molecule has 2 rings (SSSR count). The SMILES string of the molecule is O=CC(=CC(O)c1ccccc1)c1ccccc1. The summed E-state index contributed by atoms with van der Waals surface area (Å²) < 4.78 is 0. The molecule has 0 aliphatic heterocycles. The largest absolute Gasteiger partial charge is 0.384 e. The van der Waals surface area contributed by atoms with Gasteiger partial charge in [-0.05, 0) is 17.2 Å². The minimum atomic E-state index is -0.772. The van der Waals surface area contributed by atoms with Gasteiger partial charge in [0, 0.05) is 5.57 Å². The van der Waals surface area contributed by atoms with Crippen LogP contribution < -0.4 is 0 Å². The fraction of sp³-hybridized carbons (Fsp3) is 0.0625. The summed E-state index contributed by atoms with van der Waals surface area (Å²) in [6.45, 7) is 0. The standard InChI is InChI=1S/C16H14O2/c17-12-15(13-7-3-1-4-8-13)11-16(18)14-9-5-2-6-10-14/h1-12,16,18H. The van der Waals surface area contributed by atoms with E-state index < -0.39 is 6.10 Å². The monoisotopic (exact) mass is 238 g/mol. The van der Waals surface area contributed by atoms with Crippen LogP contribution in [0.1, 0.15) is 17.2 Å². The number of aliphatic hydroxyl groups is 1. The van der Waals surface area contributed by atoms with E-state index in [0.717, 1.165) is 17.4 Å². The molecule has 0 saturated carbocycles. The molecular formula is C16H14O2. The molecule has 90 valence electrons. The Morgan fingerprint density at radius 2 is 1.50 bits per heavy atom. The third-order valence-corrected chi connectivity index (χ3v) is 2.71. The Labute approximate surface area is 106 Å². The lowest BCUT2D eigenvalue weighted by molar-refractivity contribution is -0.103. The van der Waals surface area contributed by atoms with Crippen LogP contribution >= 0.6 is 0 Å². The van der Waals surface area contributed by atoms with Crippen molar-refractivity contribution in [3.8, 4) is 0 Å². The summed E-state index contributed by atoms with van der Waals surface area (Å²) in [7, 11) is 0. The third kappa shape index (κ3) is 2.93. The van der Waals surface area contributed by atoms with Crippen molar-refractivity contribution in [2.24, 2.45) is 0 Å². The summed E-state index contributed by atoms with van der Waals surface area (Å²) in [5.41, 5.74) is 2.07. The molecule has 1 N–H and O–H groups in total. The second-order valence-corrected chi connectivity index (χ2v) is 3.96. The Morgan fingerprint density at radius 1 is 0.944 bits per heavy atom. The van der Waals surface area contributed by atoms with Gasteiger partial charge in [-0.3, -0.25) is 4.79 Å². The molecule has 0 aromatic heterocycles. The molecule has 2 aromatic carbocycles. The van der Waals surface area contributed by atoms with Crippen molar-refractivity contribution in [1.29, 1.82) is 0 Å². The summed E-state index contributed by atoms with van der Waals surface area (Å²) in [4.78, 5) is 11.1. The second kappa shape index (κ2) is 5.94. The number of allylic oxidation sites excluding steroid dienone is 1. The molecule has 1 atom stereocenters. The van der Waals surface area contributed by atoms with Gasteiger partial charge in [0.1, 0.15) is 6.29 Å². The molecular weight excluding hydrogens is 224 g/mol. The summed E-state index contributed by atoms with van der Waals surface area (Å²) in [6.07, 6.45) is 1.56. The van der Waals surface area contributed by atoms with Crippen molar-refractivity contribution >= 4 is 11.9 Å². The van der Waals surface area contributed by atoms with Gasteiger partial charge in [-0.25, -0.2) is 0 Å². The molecule has 0 saturated heterocycles. The minimum Gasteiger partial charge on any atom is -0.384 e. The van der Waals surface area contributed by atoms with Crippen LogP contribution in [0.2, 0.25) is 0 Å². The van der Waals surface area contributed by atoms with Gasteiger partial charge in [0.05, 0.1) is 6.10 Å². The van der Waals surface area contributed by atoms with Crippen molar-refractivity contribution < 1.29 is 9.90 Å². The highest BCUT2D eigenvalue weighted by atomic mass is 16.3. The van der Waals surface area contributed by atoms with E-state index in [1.165, 1.54) is 0 Å². The Morgan fingerprint density at radius 3 is 2.06 bits per heavy atom. The third-order valence-electron chi connectivity index (χ3n) is 2.71. The molecule has 0 amide bonds. The van der Waals surface area contributed by atoms with Crippen LogP contribution in [0.5, 0.6) is 0 Å². The molecule has 2 heteroatoms. The van der Waals surface area contributed by atoms with E-state index in [1.54, 1.807) is 6.08 Å². The van der Waals surface area contributed by atoms with Crippen molar-refractivity contribution in [3.63, 3.8) is 0 Å². The molecule has 0 aliphatic carbocycles.